The van der Waals surface area contributed by atoms with Gasteiger partial charge in [-0.3, -0.25) is 4.79 Å². The molecule has 1 aromatic rings. The lowest BCUT2D eigenvalue weighted by Gasteiger charge is -2.27. The van der Waals surface area contributed by atoms with Gasteiger partial charge in [-0.2, -0.15) is 0 Å². The molecule has 7 heteroatoms. The number of carbonyl (C=O) groups excluding carboxylic acids is 2. The van der Waals surface area contributed by atoms with Crippen molar-refractivity contribution in [1.82, 2.24) is 5.32 Å². The Morgan fingerprint density at radius 3 is 2.83 bits per heavy atom. The molecule has 0 bridgehead atoms. The zero-order valence-electron chi connectivity index (χ0n) is 12.6. The van der Waals surface area contributed by atoms with E-state index in [0.717, 1.165) is 5.56 Å². The number of fused-ring (bicyclic) bond motifs is 1. The second kappa shape index (κ2) is 4.64. The van der Waals surface area contributed by atoms with Gasteiger partial charge in [0, 0.05) is 12.3 Å². The smallest absolute Gasteiger partial charge is 0.337 e. The third-order valence-corrected chi connectivity index (χ3v) is 4.57. The summed E-state index contributed by atoms with van der Waals surface area (Å²) in [4.78, 5) is 24.4. The normalized spacial score (nSPS) is 24.4. The van der Waals surface area contributed by atoms with Crippen molar-refractivity contribution in [1.29, 1.82) is 0 Å². The van der Waals surface area contributed by atoms with Crippen LogP contribution in [0.2, 0.25) is 5.02 Å². The molecule has 4 rings (SSSR count). The summed E-state index contributed by atoms with van der Waals surface area (Å²) in [7, 11) is 0. The highest BCUT2D eigenvalue weighted by atomic mass is 35.5. The Morgan fingerprint density at radius 2 is 2.04 bits per heavy atom. The van der Waals surface area contributed by atoms with Gasteiger partial charge < -0.3 is 19.5 Å². The van der Waals surface area contributed by atoms with E-state index in [2.05, 4.69) is 5.32 Å². The maximum atomic E-state index is 12.3. The van der Waals surface area contributed by atoms with Crippen LogP contribution in [0, 0.1) is 0 Å². The van der Waals surface area contributed by atoms with Crippen LogP contribution in [0.25, 0.3) is 0 Å². The van der Waals surface area contributed by atoms with Gasteiger partial charge in [0.05, 0.1) is 16.3 Å². The number of rotatable bonds is 1. The molecule has 3 aliphatic heterocycles. The molecule has 0 spiro atoms. The molecule has 0 aromatic heterocycles. The molecule has 0 unspecified atom stereocenters. The van der Waals surface area contributed by atoms with Crippen molar-refractivity contribution in [3.05, 3.63) is 34.0 Å². The fourth-order valence-electron chi connectivity index (χ4n) is 3.25. The summed E-state index contributed by atoms with van der Waals surface area (Å²) < 4.78 is 16.1. The van der Waals surface area contributed by atoms with Gasteiger partial charge in [0.1, 0.15) is 5.60 Å². The van der Waals surface area contributed by atoms with Crippen LogP contribution in [-0.4, -0.2) is 24.3 Å². The molecule has 1 atom stereocenters. The van der Waals surface area contributed by atoms with Crippen molar-refractivity contribution >= 4 is 23.5 Å². The van der Waals surface area contributed by atoms with Gasteiger partial charge in [0.2, 0.25) is 12.7 Å². The monoisotopic (exact) mass is 335 g/mol. The van der Waals surface area contributed by atoms with Gasteiger partial charge in [-0.05, 0) is 31.5 Å². The Labute approximate surface area is 137 Å². The number of carbonyl (C=O) groups is 2. The van der Waals surface area contributed by atoms with Crippen molar-refractivity contribution in [3.8, 4) is 11.5 Å². The second-order valence-electron chi connectivity index (χ2n) is 6.23. The Morgan fingerprint density at radius 1 is 1.26 bits per heavy atom. The predicted octanol–water partition coefficient (Wildman–Crippen LogP) is 2.26. The molecule has 1 amide bonds. The van der Waals surface area contributed by atoms with Gasteiger partial charge in [0.15, 0.2) is 11.5 Å². The summed E-state index contributed by atoms with van der Waals surface area (Å²) in [5.41, 5.74) is 0.888. The molecular weight excluding hydrogens is 322 g/mol. The summed E-state index contributed by atoms with van der Waals surface area (Å²) in [6.07, 6.45) is 0.153. The molecular formula is C16H14ClNO5. The maximum absolute atomic E-state index is 12.3. The first-order valence-electron chi connectivity index (χ1n) is 7.23. The lowest BCUT2D eigenvalue weighted by Crippen LogP contribution is -2.38. The number of hydrogen-bond donors (Lipinski definition) is 1. The molecule has 3 heterocycles. The molecule has 1 aromatic carbocycles. The molecule has 0 radical (unpaired) electrons. The van der Waals surface area contributed by atoms with Gasteiger partial charge in [-0.25, -0.2) is 4.79 Å². The molecule has 3 aliphatic rings. The fraction of sp³-hybridized carbons (Fsp3) is 0.375. The van der Waals surface area contributed by atoms with E-state index in [9.17, 15) is 9.59 Å². The lowest BCUT2D eigenvalue weighted by molar-refractivity contribution is -0.144. The number of amides is 1. The Kier molecular flexibility index (Phi) is 2.90. The van der Waals surface area contributed by atoms with Crippen molar-refractivity contribution in [2.24, 2.45) is 0 Å². The summed E-state index contributed by atoms with van der Waals surface area (Å²) in [5, 5.41) is 3.17. The third kappa shape index (κ3) is 2.09. The average Bonchev–Trinajstić information content (AvgIpc) is 3.02. The molecule has 120 valence electrons. The van der Waals surface area contributed by atoms with Gasteiger partial charge in [-0.15, -0.1) is 0 Å². The zero-order chi connectivity index (χ0) is 16.4. The van der Waals surface area contributed by atoms with E-state index in [0.29, 0.717) is 27.8 Å². The van der Waals surface area contributed by atoms with Gasteiger partial charge >= 0.3 is 5.97 Å². The van der Waals surface area contributed by atoms with Crippen molar-refractivity contribution < 1.29 is 23.8 Å². The highest BCUT2D eigenvalue weighted by Gasteiger charge is 2.47. The van der Waals surface area contributed by atoms with Crippen molar-refractivity contribution in [2.45, 2.75) is 31.8 Å². The maximum Gasteiger partial charge on any atom is 0.337 e. The van der Waals surface area contributed by atoms with E-state index in [4.69, 9.17) is 25.8 Å². The van der Waals surface area contributed by atoms with Crippen molar-refractivity contribution in [2.75, 3.05) is 6.79 Å². The summed E-state index contributed by atoms with van der Waals surface area (Å²) >= 11 is 6.23. The van der Waals surface area contributed by atoms with E-state index in [1.165, 1.54) is 0 Å². The number of nitrogens with one attached hydrogen (secondary N) is 1. The zero-order valence-corrected chi connectivity index (χ0v) is 13.3. The number of ether oxygens (including phenoxy) is 3. The first-order valence-corrected chi connectivity index (χ1v) is 7.61. The molecule has 23 heavy (non-hydrogen) atoms. The van der Waals surface area contributed by atoms with Crippen LogP contribution in [0.1, 0.15) is 31.7 Å². The van der Waals surface area contributed by atoms with Gasteiger partial charge in [-0.1, -0.05) is 11.6 Å². The Hall–Kier alpha value is -2.21. The molecule has 0 saturated heterocycles. The molecule has 0 aliphatic carbocycles. The number of cyclic esters (lactones) is 1. The minimum atomic E-state index is -0.846. The van der Waals surface area contributed by atoms with E-state index in [1.807, 2.05) is 0 Å². The Bertz CT molecular complexity index is 783. The quantitative estimate of drug-likeness (QED) is 0.797. The highest BCUT2D eigenvalue weighted by molar-refractivity contribution is 6.32. The predicted molar refractivity (Wildman–Crippen MR) is 80.3 cm³/mol. The Balaban J connectivity index is 1.85. The minimum Gasteiger partial charge on any atom is -0.454 e. The third-order valence-electron chi connectivity index (χ3n) is 4.29. The molecule has 0 saturated carbocycles. The SMILES string of the molecule is CC1(C)OC(=O)C2=C1NC(=O)C[C@@H]2c1cc(Cl)c2c(c1)OCO2. The second-order valence-corrected chi connectivity index (χ2v) is 6.64. The standard InChI is InChI=1S/C16H14ClNO5/c1-16(2)14-12(15(20)23-16)8(5-11(19)18-14)7-3-9(17)13-10(4-7)21-6-22-13/h3-4,8H,5-6H2,1-2H3,(H,18,19)/t8-/m1/s1. The summed E-state index contributed by atoms with van der Waals surface area (Å²) in [6.45, 7) is 3.61. The lowest BCUT2D eigenvalue weighted by atomic mass is 9.82. The molecule has 6 nitrogen and oxygen atoms in total. The van der Waals surface area contributed by atoms with Crippen LogP contribution in [0.4, 0.5) is 0 Å². The summed E-state index contributed by atoms with van der Waals surface area (Å²) in [6, 6.07) is 3.47. The van der Waals surface area contributed by atoms with Crippen LogP contribution in [0.5, 0.6) is 11.5 Å². The number of esters is 1. The van der Waals surface area contributed by atoms with Crippen LogP contribution >= 0.6 is 11.6 Å². The first-order chi connectivity index (χ1) is 10.9. The first kappa shape index (κ1) is 14.4. The largest absolute Gasteiger partial charge is 0.454 e. The molecule has 0 fully saturated rings. The number of hydrogen-bond acceptors (Lipinski definition) is 5. The van der Waals surface area contributed by atoms with Gasteiger partial charge in [0.25, 0.3) is 0 Å². The minimum absolute atomic E-state index is 0.104. The van der Waals surface area contributed by atoms with E-state index < -0.39 is 17.5 Å². The highest BCUT2D eigenvalue weighted by Crippen LogP contribution is 2.47. The summed E-state index contributed by atoms with van der Waals surface area (Å²) in [5.74, 6) is 0.0168. The average molecular weight is 336 g/mol. The van der Waals surface area contributed by atoms with Crippen LogP contribution in [0.15, 0.2) is 23.4 Å². The van der Waals surface area contributed by atoms with E-state index >= 15 is 0 Å². The number of benzene rings is 1. The van der Waals surface area contributed by atoms with Crippen molar-refractivity contribution in [3.63, 3.8) is 0 Å². The van der Waals surface area contributed by atoms with Crippen LogP contribution < -0.4 is 14.8 Å². The topological polar surface area (TPSA) is 73.9 Å². The van der Waals surface area contributed by atoms with E-state index in [-0.39, 0.29) is 19.1 Å². The van der Waals surface area contributed by atoms with Crippen LogP contribution in [0.3, 0.4) is 0 Å². The fourth-order valence-corrected chi connectivity index (χ4v) is 3.52. The molecule has 1 N–H and O–H groups in total. The van der Waals surface area contributed by atoms with Crippen LogP contribution in [-0.2, 0) is 14.3 Å². The van der Waals surface area contributed by atoms with E-state index in [1.54, 1.807) is 26.0 Å². The number of halogens is 1.